The second-order valence-electron chi connectivity index (χ2n) is 5.97. The van der Waals surface area contributed by atoms with Crippen LogP contribution in [-0.2, 0) is 20.8 Å². The molecule has 0 radical (unpaired) electrons. The van der Waals surface area contributed by atoms with Crippen molar-refractivity contribution in [1.82, 2.24) is 4.57 Å². The van der Waals surface area contributed by atoms with Crippen LogP contribution in [0.1, 0.15) is 36.8 Å². The summed E-state index contributed by atoms with van der Waals surface area (Å²) in [7, 11) is 3.70. The summed E-state index contributed by atoms with van der Waals surface area (Å²) in [6.45, 7) is 0.295. The molecule has 0 spiro atoms. The largest absolute Gasteiger partial charge is 0.465 e. The third-order valence-corrected chi connectivity index (χ3v) is 4.45. The second kappa shape index (κ2) is 7.96. The van der Waals surface area contributed by atoms with Crippen LogP contribution in [0.5, 0.6) is 0 Å². The molecule has 3 aromatic rings. The van der Waals surface area contributed by atoms with E-state index in [1.807, 2.05) is 30.3 Å². The second-order valence-corrected chi connectivity index (χ2v) is 5.97. The normalized spacial score (nSPS) is 10.5. The van der Waals surface area contributed by atoms with Gasteiger partial charge in [-0.2, -0.15) is 0 Å². The summed E-state index contributed by atoms with van der Waals surface area (Å²) < 4.78 is 16.3. The average Bonchev–Trinajstić information content (AvgIpc) is 3.07. The fourth-order valence-corrected chi connectivity index (χ4v) is 3.22. The third-order valence-electron chi connectivity index (χ3n) is 4.45. The molecule has 7 nitrogen and oxygen atoms in total. The van der Waals surface area contributed by atoms with E-state index in [0.29, 0.717) is 12.1 Å². The van der Waals surface area contributed by atoms with E-state index in [1.54, 1.807) is 16.7 Å². The molecule has 1 heterocycles. The first-order valence-corrected chi connectivity index (χ1v) is 8.47. The van der Waals surface area contributed by atoms with Crippen LogP contribution in [0.3, 0.4) is 0 Å². The van der Waals surface area contributed by atoms with E-state index in [0.717, 1.165) is 5.56 Å². The summed E-state index contributed by atoms with van der Waals surface area (Å²) in [5.74, 6) is -2.07. The first-order chi connectivity index (χ1) is 13.5. The number of methoxy groups -OCH3 is 3. The summed E-state index contributed by atoms with van der Waals surface area (Å²) in [4.78, 5) is 37.5. The molecule has 0 saturated heterocycles. The molecule has 3 rings (SSSR count). The Morgan fingerprint density at radius 1 is 0.786 bits per heavy atom. The van der Waals surface area contributed by atoms with E-state index in [-0.39, 0.29) is 22.2 Å². The lowest BCUT2D eigenvalue weighted by Gasteiger charge is -2.10. The van der Waals surface area contributed by atoms with E-state index >= 15 is 0 Å². The van der Waals surface area contributed by atoms with Gasteiger partial charge in [-0.25, -0.2) is 14.4 Å². The van der Waals surface area contributed by atoms with Crippen molar-refractivity contribution >= 4 is 28.8 Å². The maximum absolute atomic E-state index is 12.6. The van der Waals surface area contributed by atoms with E-state index in [9.17, 15) is 14.4 Å². The van der Waals surface area contributed by atoms with Crippen molar-refractivity contribution in [3.8, 4) is 0 Å². The van der Waals surface area contributed by atoms with Crippen molar-refractivity contribution in [3.05, 3.63) is 70.9 Å². The molecule has 0 unspecified atom stereocenters. The van der Waals surface area contributed by atoms with E-state index in [1.165, 1.54) is 27.4 Å². The smallest absolute Gasteiger partial charge is 0.355 e. The lowest BCUT2D eigenvalue weighted by molar-refractivity contribution is 0.0548. The molecule has 7 heteroatoms. The van der Waals surface area contributed by atoms with Crippen LogP contribution >= 0.6 is 0 Å². The van der Waals surface area contributed by atoms with Crippen LogP contribution in [0.4, 0.5) is 0 Å². The molecule has 0 aliphatic heterocycles. The lowest BCUT2D eigenvalue weighted by Crippen LogP contribution is -2.16. The van der Waals surface area contributed by atoms with Crippen LogP contribution in [0.25, 0.3) is 10.9 Å². The maximum atomic E-state index is 12.6. The van der Waals surface area contributed by atoms with Gasteiger partial charge in [-0.15, -0.1) is 0 Å². The highest BCUT2D eigenvalue weighted by Crippen LogP contribution is 2.32. The van der Waals surface area contributed by atoms with Crippen LogP contribution in [0.15, 0.2) is 48.5 Å². The van der Waals surface area contributed by atoms with Gasteiger partial charge in [-0.3, -0.25) is 0 Å². The summed E-state index contributed by atoms with van der Waals surface area (Å²) in [5.41, 5.74) is 1.58. The zero-order valence-electron chi connectivity index (χ0n) is 15.7. The number of hydrogen-bond donors (Lipinski definition) is 0. The molecular weight excluding hydrogens is 362 g/mol. The number of carbonyl (C=O) groups excluding carboxylic acids is 3. The Labute approximate surface area is 161 Å². The number of carbonyl (C=O) groups is 3. The Kier molecular flexibility index (Phi) is 5.44. The van der Waals surface area contributed by atoms with Crippen molar-refractivity contribution < 1.29 is 28.6 Å². The highest BCUT2D eigenvalue weighted by Gasteiger charge is 2.31. The van der Waals surface area contributed by atoms with Crippen LogP contribution < -0.4 is 0 Å². The topological polar surface area (TPSA) is 83.8 Å². The summed E-state index contributed by atoms with van der Waals surface area (Å²) in [6, 6.07) is 14.4. The van der Waals surface area contributed by atoms with Gasteiger partial charge < -0.3 is 18.8 Å². The number of fused-ring (bicyclic) bond motifs is 1. The van der Waals surface area contributed by atoms with Gasteiger partial charge in [0.2, 0.25) is 0 Å². The summed E-state index contributed by atoms with van der Waals surface area (Å²) >= 11 is 0. The standard InChI is InChI=1S/C21H19NO6/c1-26-19(23)14-10-7-11-15-16(14)17(20(24)27-2)18(21(25)28-3)22(15)12-13-8-5-4-6-9-13/h4-11H,12H2,1-3H3. The highest BCUT2D eigenvalue weighted by atomic mass is 16.5. The van der Waals surface area contributed by atoms with Crippen molar-refractivity contribution in [3.63, 3.8) is 0 Å². The maximum Gasteiger partial charge on any atom is 0.355 e. The molecule has 2 aromatic carbocycles. The van der Waals surface area contributed by atoms with Gasteiger partial charge in [0.25, 0.3) is 0 Å². The number of nitrogens with zero attached hydrogens (tertiary/aromatic N) is 1. The molecule has 0 N–H and O–H groups in total. The van der Waals surface area contributed by atoms with Gasteiger partial charge in [0.15, 0.2) is 0 Å². The minimum absolute atomic E-state index is 0.0181. The monoisotopic (exact) mass is 381 g/mol. The first kappa shape index (κ1) is 19.2. The van der Waals surface area contributed by atoms with Crippen LogP contribution in [0.2, 0.25) is 0 Å². The van der Waals surface area contributed by atoms with Gasteiger partial charge in [0.05, 0.1) is 32.4 Å². The number of aromatic nitrogens is 1. The lowest BCUT2D eigenvalue weighted by atomic mass is 10.0. The molecule has 0 aliphatic rings. The Morgan fingerprint density at radius 2 is 1.43 bits per heavy atom. The van der Waals surface area contributed by atoms with Gasteiger partial charge in [-0.1, -0.05) is 36.4 Å². The summed E-state index contributed by atoms with van der Waals surface area (Å²) in [6.07, 6.45) is 0. The fourth-order valence-electron chi connectivity index (χ4n) is 3.22. The van der Waals surface area contributed by atoms with Gasteiger partial charge >= 0.3 is 17.9 Å². The van der Waals surface area contributed by atoms with Crippen LogP contribution in [0, 0.1) is 0 Å². The van der Waals surface area contributed by atoms with Crippen molar-refractivity contribution in [2.75, 3.05) is 21.3 Å². The number of hydrogen-bond acceptors (Lipinski definition) is 6. The number of ether oxygens (including phenoxy) is 3. The molecule has 1 aromatic heterocycles. The molecular formula is C21H19NO6. The Balaban J connectivity index is 2.41. The van der Waals surface area contributed by atoms with Crippen molar-refractivity contribution in [1.29, 1.82) is 0 Å². The molecule has 28 heavy (non-hydrogen) atoms. The first-order valence-electron chi connectivity index (χ1n) is 8.47. The third kappa shape index (κ3) is 3.22. The van der Waals surface area contributed by atoms with Crippen molar-refractivity contribution in [2.24, 2.45) is 0 Å². The number of esters is 3. The summed E-state index contributed by atoms with van der Waals surface area (Å²) in [5, 5.41) is 0.289. The van der Waals surface area contributed by atoms with Gasteiger partial charge in [0, 0.05) is 11.9 Å². The molecule has 0 saturated carbocycles. The fraction of sp³-hybridized carbons (Fsp3) is 0.190. The quantitative estimate of drug-likeness (QED) is 0.499. The van der Waals surface area contributed by atoms with Gasteiger partial charge in [0.1, 0.15) is 11.3 Å². The SMILES string of the molecule is COC(=O)c1cccc2c1c(C(=O)OC)c(C(=O)OC)n2Cc1ccccc1. The zero-order valence-corrected chi connectivity index (χ0v) is 15.7. The Hall–Kier alpha value is -3.61. The minimum Gasteiger partial charge on any atom is -0.465 e. The molecule has 144 valence electrons. The van der Waals surface area contributed by atoms with E-state index in [2.05, 4.69) is 0 Å². The Bertz CT molecular complexity index is 1050. The molecule has 0 aliphatic carbocycles. The van der Waals surface area contributed by atoms with Gasteiger partial charge in [-0.05, 0) is 17.7 Å². The van der Waals surface area contributed by atoms with Crippen LogP contribution in [-0.4, -0.2) is 43.8 Å². The molecule has 0 fully saturated rings. The number of benzene rings is 2. The van der Waals surface area contributed by atoms with E-state index in [4.69, 9.17) is 14.2 Å². The van der Waals surface area contributed by atoms with Crippen molar-refractivity contribution in [2.45, 2.75) is 6.54 Å². The average molecular weight is 381 g/mol. The predicted octanol–water partition coefficient (Wildman–Crippen LogP) is 3.05. The molecule has 0 atom stereocenters. The highest BCUT2D eigenvalue weighted by molar-refractivity contribution is 6.18. The molecule has 0 amide bonds. The molecule has 0 bridgehead atoms. The minimum atomic E-state index is -0.742. The van der Waals surface area contributed by atoms with E-state index < -0.39 is 17.9 Å². The Morgan fingerprint density at radius 3 is 2.04 bits per heavy atom. The predicted molar refractivity (Wildman–Crippen MR) is 102 cm³/mol. The zero-order chi connectivity index (χ0) is 20.3. The number of rotatable bonds is 5.